The lowest BCUT2D eigenvalue weighted by molar-refractivity contribution is 0.0768. The Hall–Kier alpha value is -2.12. The molecule has 0 radical (unpaired) electrons. The van der Waals surface area contributed by atoms with E-state index in [9.17, 15) is 9.59 Å². The van der Waals surface area contributed by atoms with Crippen LogP contribution in [0.4, 0.5) is 0 Å². The number of halogens is 1. The molecule has 0 bridgehead atoms. The molecule has 0 spiro atoms. The van der Waals surface area contributed by atoms with Gasteiger partial charge < -0.3 is 19.3 Å². The van der Waals surface area contributed by atoms with Crippen LogP contribution in [0.15, 0.2) is 27.6 Å². The number of piperidine rings is 1. The highest BCUT2D eigenvalue weighted by molar-refractivity contribution is 5.95. The summed E-state index contributed by atoms with van der Waals surface area (Å²) in [6.45, 7) is 6.49. The zero-order valence-corrected chi connectivity index (χ0v) is 16.8. The number of aromatic nitrogens is 2. The Labute approximate surface area is 165 Å². The van der Waals surface area contributed by atoms with Crippen molar-refractivity contribution in [3.05, 3.63) is 51.3 Å². The lowest BCUT2D eigenvalue weighted by Gasteiger charge is -2.24. The fourth-order valence-electron chi connectivity index (χ4n) is 3.41. The van der Waals surface area contributed by atoms with Gasteiger partial charge in [-0.05, 0) is 57.3 Å². The van der Waals surface area contributed by atoms with Crippen molar-refractivity contribution in [1.82, 2.24) is 19.9 Å². The summed E-state index contributed by atoms with van der Waals surface area (Å²) in [5.41, 5.74) is 1.47. The van der Waals surface area contributed by atoms with Crippen LogP contribution in [0, 0.1) is 19.8 Å². The lowest BCUT2D eigenvalue weighted by atomic mass is 9.99. The first kappa shape index (κ1) is 21.2. The minimum Gasteiger partial charge on any atom is -0.359 e. The molecule has 3 heterocycles. The fraction of sp³-hybridized carbons (Fsp3) is 0.526. The van der Waals surface area contributed by atoms with E-state index >= 15 is 0 Å². The summed E-state index contributed by atoms with van der Waals surface area (Å²) in [4.78, 5) is 27.3. The van der Waals surface area contributed by atoms with Crippen LogP contribution in [0.25, 0.3) is 0 Å². The van der Waals surface area contributed by atoms with Crippen molar-refractivity contribution in [1.29, 1.82) is 0 Å². The maximum Gasteiger partial charge on any atom is 0.263 e. The number of rotatable bonds is 5. The predicted molar refractivity (Wildman–Crippen MR) is 105 cm³/mol. The molecule has 1 N–H and O–H groups in total. The SMILES string of the molecule is Cc1cc(CN(C)C(=O)c2c(C)ccn(CC3CCCNC3)c2=O)on1.Cl. The normalized spacial score (nSPS) is 16.6. The molecule has 2 aromatic heterocycles. The van der Waals surface area contributed by atoms with Crippen molar-refractivity contribution in [3.63, 3.8) is 0 Å². The summed E-state index contributed by atoms with van der Waals surface area (Å²) in [6.07, 6.45) is 4.01. The Bertz CT molecular complexity index is 840. The first-order valence-corrected chi connectivity index (χ1v) is 9.04. The van der Waals surface area contributed by atoms with E-state index in [0.29, 0.717) is 23.8 Å². The first-order chi connectivity index (χ1) is 12.5. The van der Waals surface area contributed by atoms with Gasteiger partial charge in [0.25, 0.3) is 11.5 Å². The van der Waals surface area contributed by atoms with Gasteiger partial charge in [0.2, 0.25) is 0 Å². The molecule has 0 aliphatic carbocycles. The standard InChI is InChI=1S/C19H26N4O3.ClH/c1-13-6-8-23(11-15-5-4-7-20-10-15)19(25)17(13)18(24)22(3)12-16-9-14(2)21-26-16;/h6,8-9,15,20H,4-5,7,10-12H2,1-3H3;1H. The number of aryl methyl sites for hydroxylation is 2. The highest BCUT2D eigenvalue weighted by atomic mass is 35.5. The Kier molecular flexibility index (Phi) is 7.21. The summed E-state index contributed by atoms with van der Waals surface area (Å²) in [7, 11) is 1.67. The maximum absolute atomic E-state index is 12.9. The number of carbonyl (C=O) groups is 1. The number of nitrogens with zero attached hydrogens (tertiary/aromatic N) is 3. The van der Waals surface area contributed by atoms with E-state index < -0.39 is 0 Å². The van der Waals surface area contributed by atoms with Crippen LogP contribution in [0.1, 0.15) is 40.2 Å². The number of pyridine rings is 1. The number of amides is 1. The first-order valence-electron chi connectivity index (χ1n) is 9.04. The average molecular weight is 395 g/mol. The third-order valence-corrected chi connectivity index (χ3v) is 4.86. The molecule has 1 unspecified atom stereocenters. The zero-order valence-electron chi connectivity index (χ0n) is 16.0. The molecule has 1 fully saturated rings. The molecular formula is C19H27ClN4O3. The molecule has 1 atom stereocenters. The van der Waals surface area contributed by atoms with Gasteiger partial charge in [-0.1, -0.05) is 5.16 Å². The maximum atomic E-state index is 12.9. The average Bonchev–Trinajstić information content (AvgIpc) is 3.03. The van der Waals surface area contributed by atoms with Gasteiger partial charge in [-0.15, -0.1) is 12.4 Å². The molecule has 1 aliphatic rings. The number of nitrogens with one attached hydrogen (secondary N) is 1. The second-order valence-electron chi connectivity index (χ2n) is 7.14. The van der Waals surface area contributed by atoms with Crippen molar-refractivity contribution in [2.45, 2.75) is 39.8 Å². The largest absolute Gasteiger partial charge is 0.359 e. The molecule has 1 aliphatic heterocycles. The van der Waals surface area contributed by atoms with Crippen LogP contribution in [0.2, 0.25) is 0 Å². The van der Waals surface area contributed by atoms with E-state index in [1.807, 2.05) is 13.0 Å². The van der Waals surface area contributed by atoms with E-state index in [4.69, 9.17) is 4.52 Å². The molecule has 7 nitrogen and oxygen atoms in total. The molecule has 148 valence electrons. The van der Waals surface area contributed by atoms with Crippen LogP contribution in [0.5, 0.6) is 0 Å². The summed E-state index contributed by atoms with van der Waals surface area (Å²) in [5, 5.41) is 7.20. The second kappa shape index (κ2) is 9.19. The zero-order chi connectivity index (χ0) is 18.7. The quantitative estimate of drug-likeness (QED) is 0.840. The predicted octanol–water partition coefficient (Wildman–Crippen LogP) is 2.15. The molecule has 0 aromatic carbocycles. The van der Waals surface area contributed by atoms with Gasteiger partial charge in [-0.25, -0.2) is 0 Å². The molecule has 1 amide bonds. The smallest absolute Gasteiger partial charge is 0.263 e. The van der Waals surface area contributed by atoms with E-state index in [1.54, 1.807) is 30.8 Å². The van der Waals surface area contributed by atoms with Crippen molar-refractivity contribution < 1.29 is 9.32 Å². The Morgan fingerprint density at radius 2 is 2.22 bits per heavy atom. The van der Waals surface area contributed by atoms with Crippen molar-refractivity contribution in [2.75, 3.05) is 20.1 Å². The van der Waals surface area contributed by atoms with Gasteiger partial charge in [-0.3, -0.25) is 9.59 Å². The number of carbonyl (C=O) groups excluding carboxylic acids is 1. The van der Waals surface area contributed by atoms with Crippen LogP contribution in [0.3, 0.4) is 0 Å². The van der Waals surface area contributed by atoms with E-state index in [-0.39, 0.29) is 36.0 Å². The van der Waals surface area contributed by atoms with Gasteiger partial charge in [0.05, 0.1) is 12.2 Å². The molecule has 3 rings (SSSR count). The van der Waals surface area contributed by atoms with Gasteiger partial charge in [0.1, 0.15) is 5.56 Å². The lowest BCUT2D eigenvalue weighted by Crippen LogP contribution is -2.38. The second-order valence-corrected chi connectivity index (χ2v) is 7.14. The Balaban J connectivity index is 0.00000261. The third kappa shape index (κ3) is 4.99. The molecule has 27 heavy (non-hydrogen) atoms. The fourth-order valence-corrected chi connectivity index (χ4v) is 3.41. The van der Waals surface area contributed by atoms with Gasteiger partial charge in [-0.2, -0.15) is 0 Å². The van der Waals surface area contributed by atoms with Gasteiger partial charge in [0.15, 0.2) is 5.76 Å². The highest BCUT2D eigenvalue weighted by Crippen LogP contribution is 2.14. The molecule has 2 aromatic rings. The number of hydrogen-bond acceptors (Lipinski definition) is 5. The summed E-state index contributed by atoms with van der Waals surface area (Å²) in [6, 6.07) is 3.63. The molecule has 0 saturated carbocycles. The topological polar surface area (TPSA) is 80.4 Å². The molecule has 1 saturated heterocycles. The third-order valence-electron chi connectivity index (χ3n) is 4.86. The number of hydrogen-bond donors (Lipinski definition) is 1. The molecule has 8 heteroatoms. The van der Waals surface area contributed by atoms with Crippen molar-refractivity contribution in [2.24, 2.45) is 5.92 Å². The molecular weight excluding hydrogens is 368 g/mol. The van der Waals surface area contributed by atoms with Gasteiger partial charge in [0, 0.05) is 25.9 Å². The summed E-state index contributed by atoms with van der Waals surface area (Å²) >= 11 is 0. The van der Waals surface area contributed by atoms with Gasteiger partial charge >= 0.3 is 0 Å². The summed E-state index contributed by atoms with van der Waals surface area (Å²) in [5.74, 6) is 0.722. The van der Waals surface area contributed by atoms with Crippen LogP contribution < -0.4 is 10.9 Å². The Morgan fingerprint density at radius 1 is 1.44 bits per heavy atom. The minimum atomic E-state index is -0.294. The van der Waals surface area contributed by atoms with Crippen LogP contribution in [-0.2, 0) is 13.1 Å². The Morgan fingerprint density at radius 3 is 2.85 bits per heavy atom. The van der Waals surface area contributed by atoms with E-state index in [2.05, 4.69) is 10.5 Å². The highest BCUT2D eigenvalue weighted by Gasteiger charge is 2.22. The summed E-state index contributed by atoms with van der Waals surface area (Å²) < 4.78 is 6.84. The van der Waals surface area contributed by atoms with Crippen molar-refractivity contribution >= 4 is 18.3 Å². The van der Waals surface area contributed by atoms with Crippen LogP contribution >= 0.6 is 12.4 Å². The van der Waals surface area contributed by atoms with E-state index in [0.717, 1.165) is 31.6 Å². The van der Waals surface area contributed by atoms with Crippen molar-refractivity contribution in [3.8, 4) is 0 Å². The monoisotopic (exact) mass is 394 g/mol. The van der Waals surface area contributed by atoms with Crippen LogP contribution in [-0.4, -0.2) is 40.7 Å². The van der Waals surface area contributed by atoms with E-state index in [1.165, 1.54) is 4.90 Å². The minimum absolute atomic E-state index is 0.